The van der Waals surface area contributed by atoms with Crippen LogP contribution in [-0.4, -0.2) is 17.5 Å². The summed E-state index contributed by atoms with van der Waals surface area (Å²) in [5.74, 6) is -1.45. The molecule has 5 nitrogen and oxygen atoms in total. The number of anilines is 1. The van der Waals surface area contributed by atoms with Crippen molar-refractivity contribution in [1.29, 1.82) is 0 Å². The van der Waals surface area contributed by atoms with E-state index in [1.807, 2.05) is 94.4 Å². The molecule has 0 bridgehead atoms. The molecule has 0 aliphatic rings. The highest BCUT2D eigenvalue weighted by molar-refractivity contribution is 5.86. The molecule has 0 spiro atoms. The second kappa shape index (κ2) is 12.2. The predicted molar refractivity (Wildman–Crippen MR) is 135 cm³/mol. The van der Waals surface area contributed by atoms with E-state index < -0.39 is 17.4 Å². The van der Waals surface area contributed by atoms with Crippen molar-refractivity contribution in [3.8, 4) is 0 Å². The Morgan fingerprint density at radius 2 is 1.61 bits per heavy atom. The minimum absolute atomic E-state index is 0.212. The van der Waals surface area contributed by atoms with Gasteiger partial charge in [0.05, 0.1) is 17.5 Å². The third-order valence-corrected chi connectivity index (χ3v) is 5.22. The van der Waals surface area contributed by atoms with Crippen LogP contribution in [0.3, 0.4) is 0 Å². The van der Waals surface area contributed by atoms with Crippen LogP contribution in [0.4, 0.5) is 5.69 Å². The Bertz CT molecular complexity index is 930. The van der Waals surface area contributed by atoms with Gasteiger partial charge >= 0.3 is 5.97 Å². The average Bonchev–Trinajstić information content (AvgIpc) is 2.74. The normalized spacial score (nSPS) is 13.5. The van der Waals surface area contributed by atoms with E-state index in [1.165, 1.54) is 0 Å². The largest absolute Gasteiger partial charge is 0.460 e. The third kappa shape index (κ3) is 9.13. The lowest BCUT2D eigenvalue weighted by atomic mass is 9.82. The molecule has 2 rings (SSSR count). The molecular formula is C28H38N2O3. The van der Waals surface area contributed by atoms with E-state index in [0.29, 0.717) is 12.8 Å². The number of allylic oxidation sites excluding steroid dienone is 1. The van der Waals surface area contributed by atoms with Crippen molar-refractivity contribution >= 4 is 23.6 Å². The van der Waals surface area contributed by atoms with Crippen molar-refractivity contribution in [3.05, 3.63) is 71.8 Å². The van der Waals surface area contributed by atoms with Gasteiger partial charge in [0.15, 0.2) is 0 Å². The molecule has 2 atom stereocenters. The number of ether oxygens (including phenoxy) is 1. The van der Waals surface area contributed by atoms with Gasteiger partial charge in [-0.3, -0.25) is 20.4 Å². The standard InChI is InChI=1S/C28H38N2O3/c1-20(2)19-24(26(31)30-29-25-18-11-10-13-21(25)3)23(27(32)33-28(4,5)6)17-12-16-22-14-8-7-9-15-22/h7-16,18,20,23-24,29H,17,19H2,1-6H3,(H,30,31)/b16-12+/t23-,24+/m0/s1. The number of hydrogen-bond donors (Lipinski definition) is 2. The van der Waals surface area contributed by atoms with Crippen LogP contribution in [0, 0.1) is 24.7 Å². The van der Waals surface area contributed by atoms with Crippen molar-refractivity contribution in [1.82, 2.24) is 5.43 Å². The zero-order valence-electron chi connectivity index (χ0n) is 20.7. The molecule has 0 fully saturated rings. The predicted octanol–water partition coefficient (Wildman–Crippen LogP) is 6.16. The molecule has 1 amide bonds. The van der Waals surface area contributed by atoms with Crippen LogP contribution in [0.15, 0.2) is 60.7 Å². The molecule has 33 heavy (non-hydrogen) atoms. The molecule has 0 radical (unpaired) electrons. The maximum absolute atomic E-state index is 13.3. The smallest absolute Gasteiger partial charge is 0.310 e. The second-order valence-corrected chi connectivity index (χ2v) is 9.85. The van der Waals surface area contributed by atoms with Crippen molar-refractivity contribution in [2.24, 2.45) is 17.8 Å². The molecule has 0 aliphatic carbocycles. The molecule has 0 unspecified atom stereocenters. The van der Waals surface area contributed by atoms with E-state index in [4.69, 9.17) is 4.74 Å². The Balaban J connectivity index is 2.25. The van der Waals surface area contributed by atoms with Gasteiger partial charge < -0.3 is 4.74 Å². The minimum atomic E-state index is -0.628. The van der Waals surface area contributed by atoms with Gasteiger partial charge in [-0.25, -0.2) is 0 Å². The first kappa shape index (κ1) is 26.2. The van der Waals surface area contributed by atoms with Gasteiger partial charge in [-0.1, -0.05) is 74.5 Å². The molecular weight excluding hydrogens is 412 g/mol. The number of nitrogens with one attached hydrogen (secondary N) is 2. The van der Waals surface area contributed by atoms with Crippen LogP contribution in [-0.2, 0) is 14.3 Å². The van der Waals surface area contributed by atoms with E-state index in [1.54, 1.807) is 0 Å². The highest BCUT2D eigenvalue weighted by atomic mass is 16.6. The molecule has 2 aromatic rings. The van der Waals surface area contributed by atoms with Gasteiger partial charge in [0.1, 0.15) is 5.60 Å². The maximum Gasteiger partial charge on any atom is 0.310 e. The van der Waals surface area contributed by atoms with Crippen molar-refractivity contribution < 1.29 is 14.3 Å². The van der Waals surface area contributed by atoms with Crippen LogP contribution in [0.2, 0.25) is 0 Å². The van der Waals surface area contributed by atoms with Gasteiger partial charge in [0.25, 0.3) is 0 Å². The number of rotatable bonds is 10. The van der Waals surface area contributed by atoms with Crippen molar-refractivity contribution in [3.63, 3.8) is 0 Å². The van der Waals surface area contributed by atoms with Gasteiger partial charge in [0, 0.05) is 0 Å². The summed E-state index contributed by atoms with van der Waals surface area (Å²) in [6.07, 6.45) is 4.93. The molecule has 0 saturated heterocycles. The summed E-state index contributed by atoms with van der Waals surface area (Å²) in [6.45, 7) is 11.6. The number of esters is 1. The number of hydrazine groups is 1. The summed E-state index contributed by atoms with van der Waals surface area (Å²) < 4.78 is 5.72. The molecule has 0 saturated carbocycles. The second-order valence-electron chi connectivity index (χ2n) is 9.85. The van der Waals surface area contributed by atoms with Crippen LogP contribution < -0.4 is 10.9 Å². The fourth-order valence-corrected chi connectivity index (χ4v) is 3.61. The summed E-state index contributed by atoms with van der Waals surface area (Å²) in [4.78, 5) is 26.5. The highest BCUT2D eigenvalue weighted by Crippen LogP contribution is 2.28. The van der Waals surface area contributed by atoms with Gasteiger partial charge in [-0.2, -0.15) is 0 Å². The monoisotopic (exact) mass is 450 g/mol. The summed E-state index contributed by atoms with van der Waals surface area (Å²) in [7, 11) is 0. The molecule has 2 N–H and O–H groups in total. The van der Waals surface area contributed by atoms with E-state index in [9.17, 15) is 9.59 Å². The number of aryl methyl sites for hydroxylation is 1. The van der Waals surface area contributed by atoms with Gasteiger partial charge in [-0.15, -0.1) is 0 Å². The van der Waals surface area contributed by atoms with Crippen LogP contribution in [0.1, 0.15) is 58.6 Å². The maximum atomic E-state index is 13.3. The molecule has 2 aromatic carbocycles. The van der Waals surface area contributed by atoms with E-state index >= 15 is 0 Å². The Morgan fingerprint density at radius 1 is 0.970 bits per heavy atom. The number of amides is 1. The Labute approximate surface area is 198 Å². The van der Waals surface area contributed by atoms with Crippen LogP contribution in [0.5, 0.6) is 0 Å². The van der Waals surface area contributed by atoms with Gasteiger partial charge in [-0.05, 0) is 63.6 Å². The summed E-state index contributed by atoms with van der Waals surface area (Å²) in [5.41, 5.74) is 8.12. The average molecular weight is 451 g/mol. The zero-order chi connectivity index (χ0) is 24.4. The summed E-state index contributed by atoms with van der Waals surface area (Å²) >= 11 is 0. The van der Waals surface area contributed by atoms with Crippen molar-refractivity contribution in [2.45, 2.75) is 60.0 Å². The third-order valence-electron chi connectivity index (χ3n) is 5.22. The molecule has 0 heterocycles. The van der Waals surface area contributed by atoms with Gasteiger partial charge in [0.2, 0.25) is 5.91 Å². The molecule has 0 aliphatic heterocycles. The number of carbonyl (C=O) groups is 2. The van der Waals surface area contributed by atoms with Crippen LogP contribution >= 0.6 is 0 Å². The topological polar surface area (TPSA) is 67.4 Å². The summed E-state index contributed by atoms with van der Waals surface area (Å²) in [5, 5.41) is 0. The molecule has 178 valence electrons. The molecule has 0 aromatic heterocycles. The lowest BCUT2D eigenvalue weighted by Crippen LogP contribution is -2.43. The number of benzene rings is 2. The van der Waals surface area contributed by atoms with E-state index in [0.717, 1.165) is 16.8 Å². The first-order valence-electron chi connectivity index (χ1n) is 11.6. The number of para-hydroxylation sites is 1. The first-order valence-corrected chi connectivity index (χ1v) is 11.6. The Hall–Kier alpha value is -3.08. The summed E-state index contributed by atoms with van der Waals surface area (Å²) in [6, 6.07) is 17.6. The van der Waals surface area contributed by atoms with E-state index in [-0.39, 0.29) is 17.8 Å². The molecule has 5 heteroatoms. The number of carbonyl (C=O) groups excluding carboxylic acids is 2. The quantitative estimate of drug-likeness (QED) is 0.336. The highest BCUT2D eigenvalue weighted by Gasteiger charge is 2.36. The fraction of sp³-hybridized carbons (Fsp3) is 0.429. The Morgan fingerprint density at radius 3 is 2.21 bits per heavy atom. The Kier molecular flexibility index (Phi) is 9.71. The number of hydrogen-bond acceptors (Lipinski definition) is 4. The fourth-order valence-electron chi connectivity index (χ4n) is 3.61. The van der Waals surface area contributed by atoms with Crippen molar-refractivity contribution in [2.75, 3.05) is 5.43 Å². The van der Waals surface area contributed by atoms with Crippen LogP contribution in [0.25, 0.3) is 6.08 Å². The lowest BCUT2D eigenvalue weighted by Gasteiger charge is -2.29. The minimum Gasteiger partial charge on any atom is -0.460 e. The first-order chi connectivity index (χ1) is 15.6. The zero-order valence-corrected chi connectivity index (χ0v) is 20.7. The SMILES string of the molecule is Cc1ccccc1NNC(=O)[C@H](CC(C)C)[C@H](C/C=C/c1ccccc1)C(=O)OC(C)(C)C. The lowest BCUT2D eigenvalue weighted by molar-refractivity contribution is -0.164. The van der Waals surface area contributed by atoms with E-state index in [2.05, 4.69) is 24.7 Å².